The Bertz CT molecular complexity index is 2520. The van der Waals surface area contributed by atoms with Crippen LogP contribution in [0.25, 0.3) is 49.0 Å². The number of nitrogens with zero attached hydrogens (tertiary/aromatic N) is 2. The molecule has 0 aliphatic heterocycles. The van der Waals surface area contributed by atoms with Gasteiger partial charge in [0.25, 0.3) is 0 Å². The average Bonchev–Trinajstić information content (AvgIpc) is 3.40. The summed E-state index contributed by atoms with van der Waals surface area (Å²) in [6.07, 6.45) is 0. The van der Waals surface area contributed by atoms with Gasteiger partial charge in [0.2, 0.25) is 0 Å². The van der Waals surface area contributed by atoms with Gasteiger partial charge in [-0.3, -0.25) is 0 Å². The van der Waals surface area contributed by atoms with Crippen LogP contribution in [0.1, 0.15) is 52.7 Å². The second-order valence-electron chi connectivity index (χ2n) is 15.3. The van der Waals surface area contributed by atoms with E-state index >= 15 is 0 Å². The second-order valence-corrected chi connectivity index (χ2v) is 16.1. The van der Waals surface area contributed by atoms with E-state index in [-0.39, 0.29) is 10.8 Å². The molecule has 0 fully saturated rings. The first-order valence-corrected chi connectivity index (χ1v) is 17.9. The van der Waals surface area contributed by atoms with Gasteiger partial charge in [0.15, 0.2) is 0 Å². The normalized spacial score (nSPS) is 12.4. The molecular weight excluding hydrogens is 660 g/mol. The fourth-order valence-electron chi connectivity index (χ4n) is 7.21. The van der Waals surface area contributed by atoms with Gasteiger partial charge in [-0.1, -0.05) is 126 Å². The molecule has 49 heavy (non-hydrogen) atoms. The van der Waals surface area contributed by atoms with Crippen molar-refractivity contribution >= 4 is 76.3 Å². The van der Waals surface area contributed by atoms with Crippen LogP contribution in [0.15, 0.2) is 144 Å². The smallest absolute Gasteiger partial charge is 0.0656 e. The number of hydrogen-bond acceptors (Lipinski definition) is 1. The van der Waals surface area contributed by atoms with Crippen molar-refractivity contribution in [3.63, 3.8) is 0 Å². The molecule has 0 atom stereocenters. The Labute approximate surface area is 297 Å². The first kappa shape index (κ1) is 31.4. The molecule has 8 rings (SSSR count). The lowest BCUT2D eigenvalue weighted by Gasteiger charge is -2.29. The van der Waals surface area contributed by atoms with E-state index < -0.39 is 0 Å². The zero-order valence-corrected chi connectivity index (χ0v) is 30.6. The Kier molecular flexibility index (Phi) is 7.46. The Morgan fingerprint density at radius 1 is 0.469 bits per heavy atom. The first-order chi connectivity index (χ1) is 23.5. The van der Waals surface area contributed by atoms with E-state index in [1.54, 1.807) is 0 Å². The van der Waals surface area contributed by atoms with Crippen molar-refractivity contribution in [3.05, 3.63) is 155 Å². The molecule has 0 saturated heterocycles. The minimum atomic E-state index is 0.0431. The highest BCUT2D eigenvalue weighted by Crippen LogP contribution is 2.46. The van der Waals surface area contributed by atoms with E-state index in [4.69, 9.17) is 0 Å². The Morgan fingerprint density at radius 3 is 1.76 bits per heavy atom. The maximum atomic E-state index is 4.21. The zero-order chi connectivity index (χ0) is 34.1. The Hall–Kier alpha value is -4.86. The van der Waals surface area contributed by atoms with Crippen molar-refractivity contribution in [1.82, 2.24) is 4.57 Å². The van der Waals surface area contributed by atoms with Crippen LogP contribution in [0.4, 0.5) is 17.1 Å². The molecule has 0 radical (unpaired) electrons. The number of halogens is 1. The third kappa shape index (κ3) is 5.41. The lowest BCUT2D eigenvalue weighted by atomic mass is 9.86. The minimum absolute atomic E-state index is 0.0431. The predicted molar refractivity (Wildman–Crippen MR) is 216 cm³/mol. The highest BCUT2D eigenvalue weighted by atomic mass is 79.9. The van der Waals surface area contributed by atoms with E-state index in [9.17, 15) is 0 Å². The summed E-state index contributed by atoms with van der Waals surface area (Å²) in [6, 6.07) is 51.4. The number of aromatic nitrogens is 1. The van der Waals surface area contributed by atoms with Crippen molar-refractivity contribution in [2.45, 2.75) is 52.4 Å². The van der Waals surface area contributed by atoms with Gasteiger partial charge in [-0.05, 0) is 109 Å². The van der Waals surface area contributed by atoms with Crippen molar-refractivity contribution in [2.75, 3.05) is 4.90 Å². The summed E-state index contributed by atoms with van der Waals surface area (Å²) in [5.41, 5.74) is 9.60. The van der Waals surface area contributed by atoms with Crippen LogP contribution in [0.2, 0.25) is 0 Å². The van der Waals surface area contributed by atoms with E-state index in [1.807, 2.05) is 0 Å². The predicted octanol–water partition coefficient (Wildman–Crippen LogP) is 13.9. The van der Waals surface area contributed by atoms with Crippen LogP contribution in [-0.2, 0) is 10.8 Å². The molecule has 0 aliphatic rings. The SMILES string of the molecule is CC(C)(C)c1ccc(N(c2cccc(-n3c4ccc(C(C)(C)C)cc4c4cc5ccccc5cc43)c2Br)c2cccc3ccccc23)cc1. The largest absolute Gasteiger partial charge is 0.309 e. The van der Waals surface area contributed by atoms with Gasteiger partial charge in [0.1, 0.15) is 0 Å². The highest BCUT2D eigenvalue weighted by molar-refractivity contribution is 9.10. The van der Waals surface area contributed by atoms with Gasteiger partial charge in [-0.25, -0.2) is 0 Å². The fourth-order valence-corrected chi connectivity index (χ4v) is 7.83. The molecule has 0 saturated carbocycles. The van der Waals surface area contributed by atoms with Crippen LogP contribution in [0.3, 0.4) is 0 Å². The third-order valence-electron chi connectivity index (χ3n) is 9.94. The van der Waals surface area contributed by atoms with E-state index in [0.29, 0.717) is 0 Å². The third-order valence-corrected chi connectivity index (χ3v) is 10.7. The summed E-state index contributed by atoms with van der Waals surface area (Å²) in [4.78, 5) is 2.41. The summed E-state index contributed by atoms with van der Waals surface area (Å²) in [5, 5.41) is 7.45. The molecule has 0 aliphatic carbocycles. The maximum absolute atomic E-state index is 4.21. The van der Waals surface area contributed by atoms with Crippen LogP contribution in [0, 0.1) is 0 Å². The van der Waals surface area contributed by atoms with Crippen LogP contribution in [-0.4, -0.2) is 4.57 Å². The van der Waals surface area contributed by atoms with Crippen molar-refractivity contribution in [2.24, 2.45) is 0 Å². The van der Waals surface area contributed by atoms with Gasteiger partial charge in [0.05, 0.1) is 32.6 Å². The fraction of sp³-hybridized carbons (Fsp3) is 0.174. The van der Waals surface area contributed by atoms with Crippen molar-refractivity contribution in [1.29, 1.82) is 0 Å². The van der Waals surface area contributed by atoms with Gasteiger partial charge in [-0.2, -0.15) is 0 Å². The highest BCUT2D eigenvalue weighted by Gasteiger charge is 2.24. The molecule has 8 aromatic rings. The number of fused-ring (bicyclic) bond motifs is 5. The topological polar surface area (TPSA) is 8.17 Å². The zero-order valence-electron chi connectivity index (χ0n) is 29.1. The number of rotatable bonds is 4. The van der Waals surface area contributed by atoms with Gasteiger partial charge in [-0.15, -0.1) is 0 Å². The molecule has 1 heterocycles. The van der Waals surface area contributed by atoms with E-state index in [0.717, 1.165) is 27.2 Å². The molecule has 0 spiro atoms. The summed E-state index contributed by atoms with van der Waals surface area (Å²) in [5.74, 6) is 0. The average molecular weight is 702 g/mol. The van der Waals surface area contributed by atoms with Gasteiger partial charge < -0.3 is 9.47 Å². The lowest BCUT2D eigenvalue weighted by molar-refractivity contribution is 0.590. The Morgan fingerprint density at radius 2 is 1.04 bits per heavy atom. The molecule has 0 amide bonds. The number of benzene rings is 7. The van der Waals surface area contributed by atoms with Crippen LogP contribution >= 0.6 is 15.9 Å². The van der Waals surface area contributed by atoms with Gasteiger partial charge in [0, 0.05) is 21.8 Å². The number of hydrogen-bond donors (Lipinski definition) is 0. The van der Waals surface area contributed by atoms with Gasteiger partial charge >= 0.3 is 0 Å². The van der Waals surface area contributed by atoms with E-state index in [2.05, 4.69) is 206 Å². The maximum Gasteiger partial charge on any atom is 0.0656 e. The molecule has 0 bridgehead atoms. The van der Waals surface area contributed by atoms with Crippen molar-refractivity contribution < 1.29 is 0 Å². The monoisotopic (exact) mass is 700 g/mol. The van der Waals surface area contributed by atoms with Crippen LogP contribution in [0.5, 0.6) is 0 Å². The molecule has 0 unspecified atom stereocenters. The lowest BCUT2D eigenvalue weighted by Crippen LogP contribution is -2.14. The minimum Gasteiger partial charge on any atom is -0.309 e. The number of anilines is 3. The molecule has 3 heteroatoms. The summed E-state index contributed by atoms with van der Waals surface area (Å²) in [7, 11) is 0. The molecular formula is C46H41BrN2. The molecule has 7 aromatic carbocycles. The molecule has 1 aromatic heterocycles. The standard InChI is InChI=1S/C46H41BrN2/c1-45(2,3)33-21-24-35(25-22-33)48(39-18-11-16-30-13-9-10-17-36(30)39)41-19-12-20-42(44(41)47)49-40-26-23-34(46(4,5)6)29-38(40)37-27-31-14-7-8-15-32(31)28-43(37)49/h7-29H,1-6H3. The second kappa shape index (κ2) is 11.6. The van der Waals surface area contributed by atoms with Crippen molar-refractivity contribution in [3.8, 4) is 5.69 Å². The quantitative estimate of drug-likeness (QED) is 0.177. The molecule has 0 N–H and O–H groups in total. The first-order valence-electron chi connectivity index (χ1n) is 17.1. The Balaban J connectivity index is 1.41. The summed E-state index contributed by atoms with van der Waals surface area (Å²) in [6.45, 7) is 13.7. The van der Waals surface area contributed by atoms with E-state index in [1.165, 1.54) is 54.5 Å². The molecule has 2 nitrogen and oxygen atoms in total. The summed E-state index contributed by atoms with van der Waals surface area (Å²) < 4.78 is 3.48. The van der Waals surface area contributed by atoms with Crippen LogP contribution < -0.4 is 4.90 Å². The molecule has 242 valence electrons. The summed E-state index contributed by atoms with van der Waals surface area (Å²) >= 11 is 4.21.